The van der Waals surface area contributed by atoms with Gasteiger partial charge in [-0.25, -0.2) is 0 Å². The van der Waals surface area contributed by atoms with E-state index < -0.39 is 0 Å². The van der Waals surface area contributed by atoms with Crippen molar-refractivity contribution in [1.82, 2.24) is 15.5 Å². The molecule has 6 nitrogen and oxygen atoms in total. The second-order valence-electron chi connectivity index (χ2n) is 6.06. The Bertz CT molecular complexity index is 580. The number of aliphatic imine (C=N–C) groups is 1. The van der Waals surface area contributed by atoms with Crippen LogP contribution in [0.5, 0.6) is 0 Å². The van der Waals surface area contributed by atoms with Gasteiger partial charge in [-0.3, -0.25) is 9.79 Å². The maximum atomic E-state index is 11.7. The Hall–Kier alpha value is -1.35. The van der Waals surface area contributed by atoms with E-state index in [-0.39, 0.29) is 29.9 Å². The molecule has 1 aromatic carbocycles. The number of likely N-dealkylation sites (tertiary alicyclic amines) is 1. The first kappa shape index (κ1) is 21.7. The van der Waals surface area contributed by atoms with E-state index in [2.05, 4.69) is 20.5 Å². The molecule has 1 atom stereocenters. The van der Waals surface area contributed by atoms with Gasteiger partial charge in [0.05, 0.1) is 6.61 Å². The van der Waals surface area contributed by atoms with Crippen LogP contribution in [0.2, 0.25) is 0 Å². The lowest BCUT2D eigenvalue weighted by molar-refractivity contribution is 0.0963. The van der Waals surface area contributed by atoms with Crippen molar-refractivity contribution >= 4 is 35.8 Å². The Morgan fingerprint density at radius 1 is 1.44 bits per heavy atom. The highest BCUT2D eigenvalue weighted by Crippen LogP contribution is 2.16. The largest absolute Gasteiger partial charge is 0.384 e. The zero-order valence-electron chi connectivity index (χ0n) is 15.2. The molecule has 1 unspecified atom stereocenters. The highest BCUT2D eigenvalue weighted by molar-refractivity contribution is 14.0. The van der Waals surface area contributed by atoms with Gasteiger partial charge in [0.15, 0.2) is 5.96 Å². The molecule has 1 aliphatic rings. The number of carbonyl (C=O) groups is 1. The fourth-order valence-corrected chi connectivity index (χ4v) is 3.06. The maximum Gasteiger partial charge on any atom is 0.251 e. The number of ether oxygens (including phenoxy) is 1. The van der Waals surface area contributed by atoms with Crippen molar-refractivity contribution in [3.8, 4) is 0 Å². The molecule has 1 fully saturated rings. The summed E-state index contributed by atoms with van der Waals surface area (Å²) in [5, 5.41) is 6.07. The van der Waals surface area contributed by atoms with Crippen LogP contribution in [-0.2, 0) is 11.2 Å². The first-order chi connectivity index (χ1) is 11.7. The van der Waals surface area contributed by atoms with Crippen LogP contribution in [-0.4, -0.2) is 64.2 Å². The number of methoxy groups -OCH3 is 1. The van der Waals surface area contributed by atoms with E-state index in [4.69, 9.17) is 4.74 Å². The molecule has 0 spiro atoms. The van der Waals surface area contributed by atoms with Gasteiger partial charge in [0.25, 0.3) is 5.91 Å². The smallest absolute Gasteiger partial charge is 0.251 e. The molecule has 0 aliphatic carbocycles. The summed E-state index contributed by atoms with van der Waals surface area (Å²) in [6.07, 6.45) is 1.99. The van der Waals surface area contributed by atoms with Gasteiger partial charge in [-0.1, -0.05) is 12.1 Å². The fourth-order valence-electron chi connectivity index (χ4n) is 3.06. The number of carbonyl (C=O) groups excluding carboxylic acids is 1. The third-order valence-electron chi connectivity index (χ3n) is 4.31. The second-order valence-corrected chi connectivity index (χ2v) is 6.06. The first-order valence-electron chi connectivity index (χ1n) is 8.43. The van der Waals surface area contributed by atoms with E-state index in [1.165, 1.54) is 0 Å². The van der Waals surface area contributed by atoms with Gasteiger partial charge >= 0.3 is 0 Å². The average Bonchev–Trinajstić information content (AvgIpc) is 3.07. The van der Waals surface area contributed by atoms with E-state index in [0.29, 0.717) is 11.5 Å². The zero-order chi connectivity index (χ0) is 17.4. The molecular weight excluding hydrogens is 431 g/mol. The Kier molecular flexibility index (Phi) is 9.81. The Morgan fingerprint density at radius 3 is 2.92 bits per heavy atom. The van der Waals surface area contributed by atoms with Crippen molar-refractivity contribution in [1.29, 1.82) is 0 Å². The summed E-state index contributed by atoms with van der Waals surface area (Å²) in [4.78, 5) is 18.4. The molecule has 1 aliphatic heterocycles. The van der Waals surface area contributed by atoms with Crippen LogP contribution in [0, 0.1) is 5.92 Å². The van der Waals surface area contributed by atoms with Gasteiger partial charge in [-0.15, -0.1) is 24.0 Å². The lowest BCUT2D eigenvalue weighted by Gasteiger charge is -2.21. The summed E-state index contributed by atoms with van der Waals surface area (Å²) < 4.78 is 5.25. The first-order valence-corrected chi connectivity index (χ1v) is 8.43. The maximum absolute atomic E-state index is 11.7. The Morgan fingerprint density at radius 2 is 2.24 bits per heavy atom. The van der Waals surface area contributed by atoms with Crippen LogP contribution in [0.4, 0.5) is 0 Å². The number of hydrogen-bond acceptors (Lipinski definition) is 3. The van der Waals surface area contributed by atoms with Crippen LogP contribution in [0.3, 0.4) is 0 Å². The molecule has 25 heavy (non-hydrogen) atoms. The lowest BCUT2D eigenvalue weighted by Crippen LogP contribution is -2.41. The Labute approximate surface area is 167 Å². The third kappa shape index (κ3) is 6.47. The van der Waals surface area contributed by atoms with E-state index in [0.717, 1.165) is 50.6 Å². The highest BCUT2D eigenvalue weighted by atomic mass is 127. The predicted molar refractivity (Wildman–Crippen MR) is 112 cm³/mol. The number of benzene rings is 1. The molecule has 140 valence electrons. The number of guanidine groups is 1. The minimum Gasteiger partial charge on any atom is -0.384 e. The van der Waals surface area contributed by atoms with Crippen molar-refractivity contribution in [2.24, 2.45) is 10.9 Å². The summed E-state index contributed by atoms with van der Waals surface area (Å²) in [6, 6.07) is 7.73. The SMILES string of the molecule is CN=C(NCCc1cccc(C(=O)NC)c1)N1CCC(COC)C1.I. The number of hydrogen-bond donors (Lipinski definition) is 2. The summed E-state index contributed by atoms with van der Waals surface area (Å²) >= 11 is 0. The van der Waals surface area contributed by atoms with E-state index in [1.807, 2.05) is 31.3 Å². The van der Waals surface area contributed by atoms with Crippen LogP contribution in [0.25, 0.3) is 0 Å². The normalized spacial score (nSPS) is 17.2. The van der Waals surface area contributed by atoms with Gasteiger partial charge in [-0.2, -0.15) is 0 Å². The molecule has 7 heteroatoms. The van der Waals surface area contributed by atoms with Crippen molar-refractivity contribution < 1.29 is 9.53 Å². The molecule has 1 saturated heterocycles. The molecule has 1 amide bonds. The molecular formula is C18H29IN4O2. The quantitative estimate of drug-likeness (QED) is 0.386. The molecule has 0 radical (unpaired) electrons. The topological polar surface area (TPSA) is 66.0 Å². The van der Waals surface area contributed by atoms with Crippen molar-refractivity contribution in [3.63, 3.8) is 0 Å². The predicted octanol–water partition coefficient (Wildman–Crippen LogP) is 1.75. The van der Waals surface area contributed by atoms with Gasteiger partial charge in [-0.05, 0) is 30.5 Å². The van der Waals surface area contributed by atoms with Gasteiger partial charge in [0.2, 0.25) is 0 Å². The standard InChI is InChI=1S/C18H28N4O2.HI/c1-19-17(23)16-6-4-5-14(11-16)7-9-21-18(20-2)22-10-8-15(12-22)13-24-3;/h4-6,11,15H,7-10,12-13H2,1-3H3,(H,19,23)(H,20,21);1H. The molecule has 1 heterocycles. The number of nitrogens with one attached hydrogen (secondary N) is 2. The van der Waals surface area contributed by atoms with Crippen LogP contribution in [0.1, 0.15) is 22.3 Å². The van der Waals surface area contributed by atoms with Crippen molar-refractivity contribution in [2.75, 3.05) is 47.4 Å². The van der Waals surface area contributed by atoms with Gasteiger partial charge in [0, 0.05) is 52.3 Å². The highest BCUT2D eigenvalue weighted by Gasteiger charge is 2.24. The summed E-state index contributed by atoms with van der Waals surface area (Å²) in [5.41, 5.74) is 1.83. The van der Waals surface area contributed by atoms with E-state index >= 15 is 0 Å². The number of nitrogens with zero attached hydrogens (tertiary/aromatic N) is 2. The zero-order valence-corrected chi connectivity index (χ0v) is 17.6. The van der Waals surface area contributed by atoms with Crippen molar-refractivity contribution in [2.45, 2.75) is 12.8 Å². The van der Waals surface area contributed by atoms with Gasteiger partial charge < -0.3 is 20.3 Å². The molecule has 2 N–H and O–H groups in total. The number of amides is 1. The monoisotopic (exact) mass is 460 g/mol. The number of halogens is 1. The summed E-state index contributed by atoms with van der Waals surface area (Å²) in [6.45, 7) is 3.59. The van der Waals surface area contributed by atoms with E-state index in [1.54, 1.807) is 14.2 Å². The second kappa shape index (κ2) is 11.3. The fraction of sp³-hybridized carbons (Fsp3) is 0.556. The molecule has 2 rings (SSSR count). The summed E-state index contributed by atoms with van der Waals surface area (Å²) in [7, 11) is 5.22. The lowest BCUT2D eigenvalue weighted by atomic mass is 10.1. The van der Waals surface area contributed by atoms with Crippen molar-refractivity contribution in [3.05, 3.63) is 35.4 Å². The summed E-state index contributed by atoms with van der Waals surface area (Å²) in [5.74, 6) is 1.47. The van der Waals surface area contributed by atoms with Crippen LogP contribution in [0.15, 0.2) is 29.3 Å². The molecule has 0 saturated carbocycles. The van der Waals surface area contributed by atoms with Gasteiger partial charge in [0.1, 0.15) is 0 Å². The minimum absolute atomic E-state index is 0. The van der Waals surface area contributed by atoms with Crippen LogP contribution >= 0.6 is 24.0 Å². The van der Waals surface area contributed by atoms with E-state index in [9.17, 15) is 4.79 Å². The minimum atomic E-state index is -0.0538. The molecule has 1 aromatic rings. The molecule has 0 aromatic heterocycles. The Balaban J connectivity index is 0.00000312. The van der Waals surface area contributed by atoms with Crippen LogP contribution < -0.4 is 10.6 Å². The number of rotatable bonds is 6. The molecule has 0 bridgehead atoms. The third-order valence-corrected chi connectivity index (χ3v) is 4.31. The average molecular weight is 460 g/mol.